The minimum atomic E-state index is -0.724. The number of benzene rings is 1. The van der Waals surface area contributed by atoms with Gasteiger partial charge >= 0.3 is 6.03 Å². The van der Waals surface area contributed by atoms with Gasteiger partial charge in [0.2, 0.25) is 0 Å². The summed E-state index contributed by atoms with van der Waals surface area (Å²) in [6.45, 7) is 0.999. The van der Waals surface area contributed by atoms with E-state index in [2.05, 4.69) is 10.6 Å². The fraction of sp³-hybridized carbons (Fsp3) is 0.294. The first kappa shape index (κ1) is 17.6. The molecule has 1 unspecified atom stereocenters. The summed E-state index contributed by atoms with van der Waals surface area (Å²) in [5.74, 6) is 0.552. The molecular weight excluding hydrogens is 340 g/mol. The van der Waals surface area contributed by atoms with E-state index >= 15 is 0 Å². The first-order valence-corrected chi connectivity index (χ1v) is 8.05. The maximum Gasteiger partial charge on any atom is 0.322 e. The van der Waals surface area contributed by atoms with Crippen LogP contribution in [-0.4, -0.2) is 54.9 Å². The molecule has 0 saturated heterocycles. The van der Waals surface area contributed by atoms with Crippen molar-refractivity contribution >= 4 is 17.6 Å². The lowest BCUT2D eigenvalue weighted by molar-refractivity contribution is -0.130. The van der Waals surface area contributed by atoms with E-state index in [0.717, 1.165) is 5.57 Å². The maximum atomic E-state index is 12.5. The van der Waals surface area contributed by atoms with Gasteiger partial charge in [0.1, 0.15) is 18.4 Å². The quantitative estimate of drug-likeness (QED) is 0.469. The molecule has 9 heteroatoms. The van der Waals surface area contributed by atoms with Crippen LogP contribution in [0, 0.1) is 0 Å². The zero-order valence-electron chi connectivity index (χ0n) is 14.2. The Morgan fingerprint density at radius 2 is 2.12 bits per heavy atom. The van der Waals surface area contributed by atoms with E-state index in [-0.39, 0.29) is 12.6 Å². The van der Waals surface area contributed by atoms with Crippen molar-refractivity contribution < 1.29 is 24.3 Å². The van der Waals surface area contributed by atoms with E-state index in [4.69, 9.17) is 14.7 Å². The van der Waals surface area contributed by atoms with Crippen LogP contribution in [0.2, 0.25) is 0 Å². The van der Waals surface area contributed by atoms with Crippen molar-refractivity contribution in [2.75, 3.05) is 32.1 Å². The highest BCUT2D eigenvalue weighted by Gasteiger charge is 2.27. The van der Waals surface area contributed by atoms with Gasteiger partial charge in [-0.3, -0.25) is 10.0 Å². The number of nitrogens with zero attached hydrogens (tertiary/aromatic N) is 1. The largest absolute Gasteiger partial charge is 0.497 e. The second-order valence-corrected chi connectivity index (χ2v) is 5.74. The molecule has 0 aromatic heterocycles. The number of anilines is 1. The van der Waals surface area contributed by atoms with E-state index in [9.17, 15) is 9.59 Å². The molecule has 0 spiro atoms. The van der Waals surface area contributed by atoms with Crippen LogP contribution >= 0.6 is 0 Å². The van der Waals surface area contributed by atoms with Crippen molar-refractivity contribution in [3.05, 3.63) is 47.9 Å². The summed E-state index contributed by atoms with van der Waals surface area (Å²) >= 11 is 0. The lowest BCUT2D eigenvalue weighted by Crippen LogP contribution is -2.43. The zero-order valence-corrected chi connectivity index (χ0v) is 14.2. The standard InChI is InChI=1S/C17H20N4O5/c1-25-13-5-3-12(4-6-13)18-17(23)21-8-9-26-16-11(10-21)2-7-14(19-16)15(22)20-24/h2-7,14,19,24H,8-10H2,1H3,(H,18,23)(H,20,22). The van der Waals surface area contributed by atoms with Crippen LogP contribution < -0.4 is 20.9 Å². The summed E-state index contributed by atoms with van der Waals surface area (Å²) in [7, 11) is 1.58. The Morgan fingerprint density at radius 3 is 2.81 bits per heavy atom. The van der Waals surface area contributed by atoms with E-state index in [1.54, 1.807) is 53.9 Å². The molecule has 0 aliphatic carbocycles. The molecule has 2 aliphatic rings. The lowest BCUT2D eigenvalue weighted by atomic mass is 10.1. The third-order valence-corrected chi connectivity index (χ3v) is 4.06. The highest BCUT2D eigenvalue weighted by molar-refractivity contribution is 5.89. The second kappa shape index (κ2) is 7.79. The Bertz CT molecular complexity index is 744. The molecule has 1 aromatic carbocycles. The van der Waals surface area contributed by atoms with Gasteiger partial charge in [0.05, 0.1) is 20.2 Å². The summed E-state index contributed by atoms with van der Waals surface area (Å²) in [5.41, 5.74) is 3.00. The van der Waals surface area contributed by atoms with Crippen LogP contribution in [0.25, 0.3) is 0 Å². The number of dihydropyridines is 1. The number of carbonyl (C=O) groups is 2. The van der Waals surface area contributed by atoms with E-state index in [1.165, 1.54) is 0 Å². The number of ether oxygens (including phenoxy) is 2. The third-order valence-electron chi connectivity index (χ3n) is 4.06. The van der Waals surface area contributed by atoms with Crippen molar-refractivity contribution in [2.45, 2.75) is 6.04 Å². The second-order valence-electron chi connectivity index (χ2n) is 5.74. The molecule has 1 atom stereocenters. The normalized spacial score (nSPS) is 18.8. The first-order valence-electron chi connectivity index (χ1n) is 8.05. The number of hydroxylamine groups is 1. The molecule has 26 heavy (non-hydrogen) atoms. The predicted molar refractivity (Wildman–Crippen MR) is 92.6 cm³/mol. The van der Waals surface area contributed by atoms with Crippen molar-refractivity contribution in [1.82, 2.24) is 15.7 Å². The molecule has 1 aromatic rings. The topological polar surface area (TPSA) is 112 Å². The molecule has 138 valence electrons. The van der Waals surface area contributed by atoms with Gasteiger partial charge in [-0.1, -0.05) is 12.2 Å². The Hall–Kier alpha value is -3.20. The highest BCUT2D eigenvalue weighted by Crippen LogP contribution is 2.19. The molecule has 3 rings (SSSR count). The summed E-state index contributed by atoms with van der Waals surface area (Å²) in [6, 6.07) is 6.07. The molecule has 2 heterocycles. The molecule has 0 bridgehead atoms. The van der Waals surface area contributed by atoms with Crippen LogP contribution in [0.5, 0.6) is 5.75 Å². The van der Waals surface area contributed by atoms with E-state index < -0.39 is 11.9 Å². The Morgan fingerprint density at radius 1 is 1.35 bits per heavy atom. The minimum absolute atomic E-state index is 0.254. The highest BCUT2D eigenvalue weighted by atomic mass is 16.5. The number of methoxy groups -OCH3 is 1. The molecule has 9 nitrogen and oxygen atoms in total. The lowest BCUT2D eigenvalue weighted by Gasteiger charge is -2.23. The third kappa shape index (κ3) is 3.89. The number of urea groups is 1. The van der Waals surface area contributed by atoms with Crippen LogP contribution in [-0.2, 0) is 9.53 Å². The molecule has 0 fully saturated rings. The van der Waals surface area contributed by atoms with Crippen LogP contribution in [0.15, 0.2) is 47.9 Å². The van der Waals surface area contributed by atoms with E-state index in [0.29, 0.717) is 30.4 Å². The molecule has 0 radical (unpaired) electrons. The Balaban J connectivity index is 1.65. The zero-order chi connectivity index (χ0) is 18.5. The molecule has 4 N–H and O–H groups in total. The van der Waals surface area contributed by atoms with Gasteiger partial charge in [0.15, 0.2) is 5.88 Å². The van der Waals surface area contributed by atoms with Crippen LogP contribution in [0.4, 0.5) is 10.5 Å². The van der Waals surface area contributed by atoms with Gasteiger partial charge in [-0.15, -0.1) is 0 Å². The fourth-order valence-corrected chi connectivity index (χ4v) is 2.64. The van der Waals surface area contributed by atoms with Gasteiger partial charge < -0.3 is 25.0 Å². The van der Waals surface area contributed by atoms with Gasteiger partial charge in [-0.05, 0) is 24.3 Å². The average Bonchev–Trinajstić information content (AvgIpc) is 2.89. The minimum Gasteiger partial charge on any atom is -0.497 e. The summed E-state index contributed by atoms with van der Waals surface area (Å²) in [5, 5.41) is 14.5. The number of amides is 3. The molecule has 3 amide bonds. The summed E-state index contributed by atoms with van der Waals surface area (Å²) in [6.07, 6.45) is 3.31. The maximum absolute atomic E-state index is 12.5. The van der Waals surface area contributed by atoms with Gasteiger partial charge in [-0.25, -0.2) is 10.3 Å². The smallest absolute Gasteiger partial charge is 0.322 e. The van der Waals surface area contributed by atoms with Crippen LogP contribution in [0.1, 0.15) is 0 Å². The monoisotopic (exact) mass is 360 g/mol. The average molecular weight is 360 g/mol. The van der Waals surface area contributed by atoms with Crippen molar-refractivity contribution in [2.24, 2.45) is 0 Å². The van der Waals surface area contributed by atoms with Crippen molar-refractivity contribution in [1.29, 1.82) is 0 Å². The van der Waals surface area contributed by atoms with Gasteiger partial charge in [0, 0.05) is 11.3 Å². The van der Waals surface area contributed by atoms with E-state index in [1.807, 2.05) is 0 Å². The number of rotatable bonds is 3. The van der Waals surface area contributed by atoms with Gasteiger partial charge in [0.25, 0.3) is 5.91 Å². The van der Waals surface area contributed by atoms with Crippen LogP contribution in [0.3, 0.4) is 0 Å². The Labute approximate surface area is 150 Å². The summed E-state index contributed by atoms with van der Waals surface area (Å²) < 4.78 is 10.7. The van der Waals surface area contributed by atoms with Crippen molar-refractivity contribution in [3.63, 3.8) is 0 Å². The Kier molecular flexibility index (Phi) is 5.28. The summed E-state index contributed by atoms with van der Waals surface area (Å²) in [4.78, 5) is 25.7. The molecular formula is C17H20N4O5. The number of carbonyl (C=O) groups excluding carboxylic acids is 2. The predicted octanol–water partition coefficient (Wildman–Crippen LogP) is 0.804. The van der Waals surface area contributed by atoms with Gasteiger partial charge in [-0.2, -0.15) is 0 Å². The SMILES string of the molecule is COc1ccc(NC(=O)N2CCOC3=C(C=CC(C(=O)NO)N3)C2)cc1. The number of nitrogens with one attached hydrogen (secondary N) is 3. The number of hydrogen-bond donors (Lipinski definition) is 4. The molecule has 0 saturated carbocycles. The first-order chi connectivity index (χ1) is 12.6. The molecule has 2 aliphatic heterocycles. The fourth-order valence-electron chi connectivity index (χ4n) is 2.64. The van der Waals surface area contributed by atoms with Crippen molar-refractivity contribution in [3.8, 4) is 5.75 Å². The number of hydrogen-bond acceptors (Lipinski definition) is 6.